The monoisotopic (exact) mass is 553 g/mol. The Hall–Kier alpha value is -2.97. The second kappa shape index (κ2) is 12.1. The molecule has 0 aliphatic heterocycles. The molecule has 0 fully saturated rings. The van der Waals surface area contributed by atoms with Gasteiger partial charge < -0.3 is 14.8 Å². The number of carbonyl (C=O) groups is 2. The zero-order chi connectivity index (χ0) is 25.5. The topological polar surface area (TPSA) is 89.0 Å². The molecule has 0 radical (unpaired) electrons. The second-order valence-electron chi connectivity index (χ2n) is 7.05. The molecule has 182 valence electrons. The van der Waals surface area contributed by atoms with E-state index in [9.17, 15) is 9.59 Å². The Balaban J connectivity index is 1.66. The molecule has 2 amide bonds. The molecule has 0 atom stereocenters. The number of amides is 2. The number of benzene rings is 3. The Kier molecular flexibility index (Phi) is 9.23. The molecule has 3 aromatic rings. The van der Waals surface area contributed by atoms with Gasteiger partial charge in [0.1, 0.15) is 6.61 Å². The van der Waals surface area contributed by atoms with Crippen LogP contribution in [-0.2, 0) is 16.2 Å². The van der Waals surface area contributed by atoms with Gasteiger partial charge in [-0.15, -0.1) is 0 Å². The van der Waals surface area contributed by atoms with Crippen molar-refractivity contribution in [1.29, 1.82) is 0 Å². The maximum atomic E-state index is 12.2. The van der Waals surface area contributed by atoms with Crippen molar-refractivity contribution in [3.8, 4) is 11.5 Å². The van der Waals surface area contributed by atoms with Crippen LogP contribution in [0.2, 0.25) is 20.1 Å². The molecule has 11 heteroatoms. The summed E-state index contributed by atoms with van der Waals surface area (Å²) in [6.07, 6.45) is 0. The van der Waals surface area contributed by atoms with Gasteiger partial charge in [0.25, 0.3) is 0 Å². The summed E-state index contributed by atoms with van der Waals surface area (Å²) < 4.78 is 11.3. The molecule has 3 rings (SSSR count). The molecule has 0 aliphatic rings. The highest BCUT2D eigenvalue weighted by Crippen LogP contribution is 2.32. The molecule has 0 spiro atoms. The van der Waals surface area contributed by atoms with Crippen LogP contribution in [0.15, 0.2) is 59.7 Å². The smallest absolute Gasteiger partial charge is 0.329 e. The minimum atomic E-state index is -0.982. The third-order valence-electron chi connectivity index (χ3n) is 4.75. The van der Waals surface area contributed by atoms with Gasteiger partial charge in [0.05, 0.1) is 28.6 Å². The molecule has 7 nitrogen and oxygen atoms in total. The van der Waals surface area contributed by atoms with E-state index in [-0.39, 0.29) is 22.3 Å². The number of ether oxygens (including phenoxy) is 2. The van der Waals surface area contributed by atoms with Crippen molar-refractivity contribution in [2.24, 2.45) is 5.10 Å². The van der Waals surface area contributed by atoms with Gasteiger partial charge in [0.15, 0.2) is 11.5 Å². The summed E-state index contributed by atoms with van der Waals surface area (Å²) in [4.78, 5) is 24.3. The third kappa shape index (κ3) is 6.80. The zero-order valence-corrected chi connectivity index (χ0v) is 21.5. The summed E-state index contributed by atoms with van der Waals surface area (Å²) in [5.74, 6) is -1.05. The SMILES string of the molecule is COc1cc(/C(C)=N/NC(=O)C(=O)Nc2cccc(Cl)c2Cl)ccc1OCc1c(Cl)cccc1Cl. The van der Waals surface area contributed by atoms with Gasteiger partial charge in [-0.3, -0.25) is 9.59 Å². The number of hydrazone groups is 1. The molecule has 35 heavy (non-hydrogen) atoms. The minimum Gasteiger partial charge on any atom is -0.493 e. The van der Waals surface area contributed by atoms with Crippen molar-refractivity contribution in [2.45, 2.75) is 13.5 Å². The van der Waals surface area contributed by atoms with Crippen LogP contribution in [0.3, 0.4) is 0 Å². The van der Waals surface area contributed by atoms with E-state index in [1.807, 2.05) is 0 Å². The predicted octanol–water partition coefficient (Wildman–Crippen LogP) is 6.37. The first-order valence-corrected chi connectivity index (χ1v) is 11.6. The largest absolute Gasteiger partial charge is 0.493 e. The molecule has 0 heterocycles. The molecular weight excluding hydrogens is 536 g/mol. The number of methoxy groups -OCH3 is 1. The van der Waals surface area contributed by atoms with Gasteiger partial charge in [-0.1, -0.05) is 58.5 Å². The van der Waals surface area contributed by atoms with Crippen molar-refractivity contribution in [3.05, 3.63) is 85.8 Å². The van der Waals surface area contributed by atoms with E-state index in [0.717, 1.165) is 0 Å². The predicted molar refractivity (Wildman–Crippen MR) is 139 cm³/mol. The molecule has 0 saturated carbocycles. The van der Waals surface area contributed by atoms with Crippen LogP contribution in [0, 0.1) is 0 Å². The van der Waals surface area contributed by atoms with Gasteiger partial charge in [-0.05, 0) is 49.4 Å². The quantitative estimate of drug-likeness (QED) is 0.202. The summed E-state index contributed by atoms with van der Waals surface area (Å²) >= 11 is 24.3. The van der Waals surface area contributed by atoms with Crippen LogP contribution in [-0.4, -0.2) is 24.6 Å². The lowest BCUT2D eigenvalue weighted by Crippen LogP contribution is -2.33. The summed E-state index contributed by atoms with van der Waals surface area (Å²) in [5, 5.41) is 7.73. The van der Waals surface area contributed by atoms with Crippen molar-refractivity contribution in [1.82, 2.24) is 5.43 Å². The van der Waals surface area contributed by atoms with Gasteiger partial charge in [-0.25, -0.2) is 5.43 Å². The molecule has 0 saturated heterocycles. The number of hydrogen-bond donors (Lipinski definition) is 2. The lowest BCUT2D eigenvalue weighted by atomic mass is 10.1. The Morgan fingerprint density at radius 3 is 2.23 bits per heavy atom. The maximum absolute atomic E-state index is 12.2. The fourth-order valence-corrected chi connectivity index (χ4v) is 3.72. The van der Waals surface area contributed by atoms with E-state index < -0.39 is 11.8 Å². The molecule has 0 aliphatic carbocycles. The Morgan fingerprint density at radius 1 is 0.886 bits per heavy atom. The standard InChI is InChI=1S/C24H19Cl4N3O4/c1-13(30-31-24(33)23(32)29-19-8-4-7-18(27)22(19)28)14-9-10-20(21(11-14)34-2)35-12-15-16(25)5-3-6-17(15)26/h3-11H,12H2,1-2H3,(H,29,32)(H,31,33)/b30-13+. The van der Waals surface area contributed by atoms with E-state index in [1.165, 1.54) is 13.2 Å². The van der Waals surface area contributed by atoms with Crippen molar-refractivity contribution in [2.75, 3.05) is 12.4 Å². The molecule has 0 aromatic heterocycles. The van der Waals surface area contributed by atoms with Gasteiger partial charge >= 0.3 is 11.8 Å². The number of rotatable bonds is 7. The zero-order valence-electron chi connectivity index (χ0n) is 18.5. The number of nitrogens with zero attached hydrogens (tertiary/aromatic N) is 1. The summed E-state index contributed by atoms with van der Waals surface area (Å²) in [5.41, 5.74) is 4.12. The van der Waals surface area contributed by atoms with Crippen LogP contribution >= 0.6 is 46.4 Å². The number of nitrogens with one attached hydrogen (secondary N) is 2. The Labute approximate surface area is 221 Å². The average Bonchev–Trinajstić information content (AvgIpc) is 2.84. The van der Waals surface area contributed by atoms with E-state index >= 15 is 0 Å². The number of halogens is 4. The lowest BCUT2D eigenvalue weighted by molar-refractivity contribution is -0.136. The highest BCUT2D eigenvalue weighted by atomic mass is 35.5. The van der Waals surface area contributed by atoms with E-state index in [1.54, 1.807) is 55.5 Å². The van der Waals surface area contributed by atoms with E-state index in [4.69, 9.17) is 55.9 Å². The van der Waals surface area contributed by atoms with Crippen molar-refractivity contribution < 1.29 is 19.1 Å². The van der Waals surface area contributed by atoms with Crippen LogP contribution in [0.4, 0.5) is 5.69 Å². The van der Waals surface area contributed by atoms with E-state index in [0.29, 0.717) is 38.4 Å². The molecule has 3 aromatic carbocycles. The van der Waals surface area contributed by atoms with Gasteiger partial charge in [0.2, 0.25) is 0 Å². The lowest BCUT2D eigenvalue weighted by Gasteiger charge is -2.13. The molecular formula is C24H19Cl4N3O4. The number of hydrogen-bond acceptors (Lipinski definition) is 5. The number of carbonyl (C=O) groups excluding carboxylic acids is 2. The first kappa shape index (κ1) is 26.6. The number of anilines is 1. The van der Waals surface area contributed by atoms with Crippen molar-refractivity contribution in [3.63, 3.8) is 0 Å². The minimum absolute atomic E-state index is 0.126. The van der Waals surface area contributed by atoms with Crippen LogP contribution in [0.1, 0.15) is 18.1 Å². The maximum Gasteiger partial charge on any atom is 0.329 e. The Morgan fingerprint density at radius 2 is 1.54 bits per heavy atom. The average molecular weight is 555 g/mol. The van der Waals surface area contributed by atoms with Crippen LogP contribution in [0.25, 0.3) is 0 Å². The molecule has 2 N–H and O–H groups in total. The van der Waals surface area contributed by atoms with Crippen LogP contribution < -0.4 is 20.2 Å². The summed E-state index contributed by atoms with van der Waals surface area (Å²) in [7, 11) is 1.49. The highest BCUT2D eigenvalue weighted by Gasteiger charge is 2.16. The Bertz CT molecular complexity index is 1280. The van der Waals surface area contributed by atoms with Crippen LogP contribution in [0.5, 0.6) is 11.5 Å². The summed E-state index contributed by atoms with van der Waals surface area (Å²) in [6, 6.07) is 15.0. The third-order valence-corrected chi connectivity index (χ3v) is 6.27. The molecule has 0 unspecified atom stereocenters. The van der Waals surface area contributed by atoms with E-state index in [2.05, 4.69) is 15.8 Å². The fourth-order valence-electron chi connectivity index (χ4n) is 2.86. The van der Waals surface area contributed by atoms with Gasteiger partial charge in [0, 0.05) is 21.2 Å². The van der Waals surface area contributed by atoms with Crippen molar-refractivity contribution >= 4 is 69.6 Å². The van der Waals surface area contributed by atoms with Gasteiger partial charge in [-0.2, -0.15) is 5.10 Å². The normalized spacial score (nSPS) is 11.1. The first-order chi connectivity index (χ1) is 16.7. The first-order valence-electron chi connectivity index (χ1n) is 10.0. The fraction of sp³-hybridized carbons (Fsp3) is 0.125. The second-order valence-corrected chi connectivity index (χ2v) is 8.65. The highest BCUT2D eigenvalue weighted by molar-refractivity contribution is 6.45. The summed E-state index contributed by atoms with van der Waals surface area (Å²) in [6.45, 7) is 1.80. The molecule has 0 bridgehead atoms.